The smallest absolute Gasteiger partial charge is 0.254 e. The Labute approximate surface area is 106 Å². The van der Waals surface area contributed by atoms with E-state index in [2.05, 4.69) is 0 Å². The summed E-state index contributed by atoms with van der Waals surface area (Å²) in [4.78, 5) is 13.5. The fourth-order valence-electron chi connectivity index (χ4n) is 2.57. The Kier molecular flexibility index (Phi) is 2.82. The zero-order valence-corrected chi connectivity index (χ0v) is 10.1. The Hall–Kier alpha value is -1.42. The minimum atomic E-state index is -1.41. The standard InChI is InChI=1S/C14H16FNO2/c15-14(11-5-2-1-3-6-11)7-4-8-16(10-14)13(17)12-9-18-12/h1-3,5-6,12H,4,7-10H2. The summed E-state index contributed by atoms with van der Waals surface area (Å²) in [7, 11) is 0. The Balaban J connectivity index is 1.78. The highest BCUT2D eigenvalue weighted by molar-refractivity contribution is 5.83. The third-order valence-corrected chi connectivity index (χ3v) is 3.65. The maximum absolute atomic E-state index is 15.0. The number of amides is 1. The first kappa shape index (κ1) is 11.7. The third-order valence-electron chi connectivity index (χ3n) is 3.65. The molecule has 96 valence electrons. The molecule has 2 aliphatic heterocycles. The SMILES string of the molecule is O=C(C1CO1)N1CCCC(F)(c2ccccc2)C1. The van der Waals surface area contributed by atoms with Gasteiger partial charge in [0.15, 0.2) is 11.8 Å². The summed E-state index contributed by atoms with van der Waals surface area (Å²) in [6.45, 7) is 1.27. The first-order valence-corrected chi connectivity index (χ1v) is 6.34. The van der Waals surface area contributed by atoms with Gasteiger partial charge >= 0.3 is 0 Å². The summed E-state index contributed by atoms with van der Waals surface area (Å²) in [6.07, 6.45) is 0.860. The van der Waals surface area contributed by atoms with E-state index in [9.17, 15) is 9.18 Å². The number of likely N-dealkylation sites (tertiary alicyclic amines) is 1. The van der Waals surface area contributed by atoms with E-state index < -0.39 is 5.67 Å². The Morgan fingerprint density at radius 1 is 1.39 bits per heavy atom. The van der Waals surface area contributed by atoms with Gasteiger partial charge in [-0.15, -0.1) is 0 Å². The number of carbonyl (C=O) groups is 1. The lowest BCUT2D eigenvalue weighted by Crippen LogP contribution is -2.47. The Morgan fingerprint density at radius 2 is 2.11 bits per heavy atom. The fourth-order valence-corrected chi connectivity index (χ4v) is 2.57. The molecule has 2 atom stereocenters. The van der Waals surface area contributed by atoms with E-state index in [0.29, 0.717) is 31.6 Å². The Morgan fingerprint density at radius 3 is 2.78 bits per heavy atom. The van der Waals surface area contributed by atoms with Crippen molar-refractivity contribution in [1.82, 2.24) is 4.90 Å². The average molecular weight is 249 g/mol. The second-order valence-electron chi connectivity index (χ2n) is 5.02. The number of piperidine rings is 1. The quantitative estimate of drug-likeness (QED) is 0.750. The van der Waals surface area contributed by atoms with Crippen LogP contribution in [0.1, 0.15) is 18.4 Å². The molecule has 3 nitrogen and oxygen atoms in total. The van der Waals surface area contributed by atoms with Gasteiger partial charge in [0.05, 0.1) is 13.2 Å². The number of hydrogen-bond donors (Lipinski definition) is 0. The van der Waals surface area contributed by atoms with Crippen molar-refractivity contribution in [2.24, 2.45) is 0 Å². The summed E-state index contributed by atoms with van der Waals surface area (Å²) >= 11 is 0. The predicted molar refractivity (Wildman–Crippen MR) is 64.8 cm³/mol. The number of ether oxygens (including phenoxy) is 1. The van der Waals surface area contributed by atoms with E-state index in [4.69, 9.17) is 4.74 Å². The first-order chi connectivity index (χ1) is 8.69. The van der Waals surface area contributed by atoms with Crippen LogP contribution >= 0.6 is 0 Å². The summed E-state index contributed by atoms with van der Waals surface area (Å²) in [5.74, 6) is -0.0624. The molecule has 0 radical (unpaired) electrons. The molecule has 2 heterocycles. The van der Waals surface area contributed by atoms with E-state index in [1.165, 1.54) is 0 Å². The first-order valence-electron chi connectivity index (χ1n) is 6.34. The van der Waals surface area contributed by atoms with E-state index in [1.54, 1.807) is 17.0 Å². The zero-order chi connectivity index (χ0) is 12.6. The second kappa shape index (κ2) is 4.35. The van der Waals surface area contributed by atoms with Crippen LogP contribution in [0.25, 0.3) is 0 Å². The number of carbonyl (C=O) groups excluding carboxylic acids is 1. The van der Waals surface area contributed by atoms with Gasteiger partial charge < -0.3 is 9.64 Å². The third kappa shape index (κ3) is 2.12. The number of nitrogens with zero attached hydrogens (tertiary/aromatic N) is 1. The van der Waals surface area contributed by atoms with E-state index in [0.717, 1.165) is 0 Å². The van der Waals surface area contributed by atoms with Gasteiger partial charge in [0.2, 0.25) is 0 Å². The highest BCUT2D eigenvalue weighted by Crippen LogP contribution is 2.36. The van der Waals surface area contributed by atoms with Gasteiger partial charge in [-0.25, -0.2) is 4.39 Å². The van der Waals surface area contributed by atoms with Crippen LogP contribution in [-0.4, -0.2) is 36.6 Å². The van der Waals surface area contributed by atoms with Gasteiger partial charge in [-0.3, -0.25) is 4.79 Å². The van der Waals surface area contributed by atoms with Gasteiger partial charge in [0, 0.05) is 6.54 Å². The highest BCUT2D eigenvalue weighted by Gasteiger charge is 2.43. The summed E-state index contributed by atoms with van der Waals surface area (Å²) in [5.41, 5.74) is -0.747. The van der Waals surface area contributed by atoms with Crippen molar-refractivity contribution in [1.29, 1.82) is 0 Å². The van der Waals surface area contributed by atoms with Gasteiger partial charge in [-0.1, -0.05) is 30.3 Å². The summed E-state index contributed by atoms with van der Waals surface area (Å²) < 4.78 is 19.9. The Bertz CT molecular complexity index is 446. The van der Waals surface area contributed by atoms with Crippen LogP contribution in [-0.2, 0) is 15.2 Å². The zero-order valence-electron chi connectivity index (χ0n) is 10.1. The predicted octanol–water partition coefficient (Wildman–Crippen LogP) is 1.87. The highest BCUT2D eigenvalue weighted by atomic mass is 19.1. The second-order valence-corrected chi connectivity index (χ2v) is 5.02. The minimum Gasteiger partial charge on any atom is -0.363 e. The topological polar surface area (TPSA) is 32.8 Å². The van der Waals surface area contributed by atoms with Gasteiger partial charge in [-0.05, 0) is 18.4 Å². The summed E-state index contributed by atoms with van der Waals surface area (Å²) in [6, 6.07) is 9.13. The van der Waals surface area contributed by atoms with Gasteiger partial charge in [0.25, 0.3) is 5.91 Å². The molecule has 1 amide bonds. The maximum atomic E-state index is 15.0. The number of halogens is 1. The molecule has 4 heteroatoms. The van der Waals surface area contributed by atoms with Crippen LogP contribution in [0.15, 0.2) is 30.3 Å². The van der Waals surface area contributed by atoms with Gasteiger partial charge in [0.1, 0.15) is 0 Å². The van der Waals surface area contributed by atoms with E-state index in [-0.39, 0.29) is 18.6 Å². The largest absolute Gasteiger partial charge is 0.363 e. The lowest BCUT2D eigenvalue weighted by atomic mass is 9.87. The average Bonchev–Trinajstić information content (AvgIpc) is 3.23. The molecule has 0 spiro atoms. The monoisotopic (exact) mass is 249 g/mol. The van der Waals surface area contributed by atoms with Crippen LogP contribution in [0.2, 0.25) is 0 Å². The van der Waals surface area contributed by atoms with E-state index in [1.807, 2.05) is 18.2 Å². The van der Waals surface area contributed by atoms with Crippen molar-refractivity contribution in [2.45, 2.75) is 24.6 Å². The molecule has 1 aromatic carbocycles. The van der Waals surface area contributed by atoms with Crippen LogP contribution in [0.5, 0.6) is 0 Å². The molecule has 1 aromatic rings. The maximum Gasteiger partial charge on any atom is 0.254 e. The molecule has 2 unspecified atom stereocenters. The normalized spacial score (nSPS) is 31.2. The lowest BCUT2D eigenvalue weighted by Gasteiger charge is -2.37. The molecule has 3 rings (SSSR count). The summed E-state index contributed by atoms with van der Waals surface area (Å²) in [5, 5.41) is 0. The van der Waals surface area contributed by atoms with Crippen LogP contribution in [0.4, 0.5) is 4.39 Å². The lowest BCUT2D eigenvalue weighted by molar-refractivity contribution is -0.137. The minimum absolute atomic E-state index is 0.0624. The number of rotatable bonds is 2. The van der Waals surface area contributed by atoms with Crippen molar-refractivity contribution in [3.05, 3.63) is 35.9 Å². The molecule has 0 N–H and O–H groups in total. The molecule has 2 aliphatic rings. The number of hydrogen-bond acceptors (Lipinski definition) is 2. The number of alkyl halides is 1. The van der Waals surface area contributed by atoms with Crippen LogP contribution in [0.3, 0.4) is 0 Å². The van der Waals surface area contributed by atoms with Crippen molar-refractivity contribution >= 4 is 5.91 Å². The molecule has 0 aliphatic carbocycles. The molecule has 18 heavy (non-hydrogen) atoms. The van der Waals surface area contributed by atoms with Gasteiger partial charge in [-0.2, -0.15) is 0 Å². The number of benzene rings is 1. The fraction of sp³-hybridized carbons (Fsp3) is 0.500. The molecule has 0 aromatic heterocycles. The van der Waals surface area contributed by atoms with E-state index >= 15 is 0 Å². The molecule has 2 fully saturated rings. The van der Waals surface area contributed by atoms with Crippen LogP contribution in [0, 0.1) is 0 Å². The van der Waals surface area contributed by atoms with Crippen LogP contribution < -0.4 is 0 Å². The van der Waals surface area contributed by atoms with Crippen molar-refractivity contribution < 1.29 is 13.9 Å². The van der Waals surface area contributed by atoms with Crippen molar-refractivity contribution in [2.75, 3.05) is 19.7 Å². The van der Waals surface area contributed by atoms with Crippen molar-refractivity contribution in [3.63, 3.8) is 0 Å². The number of epoxide rings is 1. The molecule has 0 saturated carbocycles. The molecular weight excluding hydrogens is 233 g/mol. The molecular formula is C14H16FNO2. The van der Waals surface area contributed by atoms with Crippen molar-refractivity contribution in [3.8, 4) is 0 Å². The molecule has 0 bridgehead atoms. The molecule has 2 saturated heterocycles.